The summed E-state index contributed by atoms with van der Waals surface area (Å²) in [5.74, 6) is -0.330. The molecular weight excluding hydrogens is 192 g/mol. The van der Waals surface area contributed by atoms with E-state index in [0.29, 0.717) is 5.69 Å². The van der Waals surface area contributed by atoms with Gasteiger partial charge in [0.15, 0.2) is 0 Å². The summed E-state index contributed by atoms with van der Waals surface area (Å²) in [5.41, 5.74) is 1.42. The van der Waals surface area contributed by atoms with E-state index >= 15 is 0 Å². The molecule has 0 saturated carbocycles. The first kappa shape index (κ1) is 10.1. The third-order valence-electron chi connectivity index (χ3n) is 2.41. The second-order valence-corrected chi connectivity index (χ2v) is 3.74. The first-order valence-corrected chi connectivity index (χ1v) is 5.10. The number of pyridine rings is 1. The fourth-order valence-corrected chi connectivity index (χ4v) is 1.53. The molecule has 1 aliphatic rings. The van der Waals surface area contributed by atoms with Crippen molar-refractivity contribution in [3.63, 3.8) is 0 Å². The standard InChI is InChI=1S/C11H14N2O2/c1-8-2-3-10(13-6-8)11(14)15-9-4-5-12-7-9/h2-3,6,9,12H,4-5,7H2,1H3/t9-/m1/s1. The summed E-state index contributed by atoms with van der Waals surface area (Å²) >= 11 is 0. The Bertz CT molecular complexity index is 342. The highest BCUT2D eigenvalue weighted by atomic mass is 16.5. The Morgan fingerprint density at radius 3 is 3.07 bits per heavy atom. The van der Waals surface area contributed by atoms with E-state index < -0.39 is 0 Å². The van der Waals surface area contributed by atoms with Crippen LogP contribution in [0.15, 0.2) is 18.3 Å². The van der Waals surface area contributed by atoms with Crippen LogP contribution in [-0.2, 0) is 4.74 Å². The highest BCUT2D eigenvalue weighted by Gasteiger charge is 2.20. The van der Waals surface area contributed by atoms with E-state index in [1.165, 1.54) is 0 Å². The summed E-state index contributed by atoms with van der Waals surface area (Å²) in [6, 6.07) is 3.55. The van der Waals surface area contributed by atoms with Gasteiger partial charge in [-0.05, 0) is 31.5 Å². The number of aromatic nitrogens is 1. The summed E-state index contributed by atoms with van der Waals surface area (Å²) in [6.45, 7) is 3.60. The van der Waals surface area contributed by atoms with Gasteiger partial charge in [0.2, 0.25) is 0 Å². The minimum Gasteiger partial charge on any atom is -0.456 e. The molecule has 4 nitrogen and oxygen atoms in total. The summed E-state index contributed by atoms with van der Waals surface area (Å²) in [7, 11) is 0. The van der Waals surface area contributed by atoms with Crippen molar-refractivity contribution in [1.29, 1.82) is 0 Å². The zero-order valence-electron chi connectivity index (χ0n) is 8.69. The highest BCUT2D eigenvalue weighted by molar-refractivity contribution is 5.87. The van der Waals surface area contributed by atoms with E-state index in [1.54, 1.807) is 12.3 Å². The number of carbonyl (C=O) groups excluding carboxylic acids is 1. The van der Waals surface area contributed by atoms with Crippen molar-refractivity contribution < 1.29 is 9.53 Å². The average molecular weight is 206 g/mol. The van der Waals surface area contributed by atoms with E-state index in [1.807, 2.05) is 13.0 Å². The minimum atomic E-state index is -0.330. The molecular formula is C11H14N2O2. The molecule has 15 heavy (non-hydrogen) atoms. The molecule has 1 aromatic heterocycles. The third-order valence-corrected chi connectivity index (χ3v) is 2.41. The van der Waals surface area contributed by atoms with Crippen LogP contribution < -0.4 is 5.32 Å². The van der Waals surface area contributed by atoms with E-state index in [9.17, 15) is 4.79 Å². The molecule has 0 aliphatic carbocycles. The Kier molecular flexibility index (Phi) is 2.97. The van der Waals surface area contributed by atoms with Crippen LogP contribution in [0.5, 0.6) is 0 Å². The minimum absolute atomic E-state index is 0.000558. The molecule has 0 spiro atoms. The number of rotatable bonds is 2. The topological polar surface area (TPSA) is 51.2 Å². The van der Waals surface area contributed by atoms with Gasteiger partial charge < -0.3 is 10.1 Å². The zero-order valence-corrected chi connectivity index (χ0v) is 8.69. The molecule has 0 radical (unpaired) electrons. The third kappa shape index (κ3) is 2.53. The van der Waals surface area contributed by atoms with Gasteiger partial charge in [0, 0.05) is 12.7 Å². The Balaban J connectivity index is 1.98. The zero-order chi connectivity index (χ0) is 10.7. The predicted octanol–water partition coefficient (Wildman–Crippen LogP) is 0.909. The lowest BCUT2D eigenvalue weighted by Gasteiger charge is -2.09. The lowest BCUT2D eigenvalue weighted by Crippen LogP contribution is -2.21. The number of nitrogens with one attached hydrogen (secondary N) is 1. The molecule has 1 aliphatic heterocycles. The van der Waals surface area contributed by atoms with Crippen molar-refractivity contribution >= 4 is 5.97 Å². The second-order valence-electron chi connectivity index (χ2n) is 3.74. The van der Waals surface area contributed by atoms with E-state index in [4.69, 9.17) is 4.74 Å². The predicted molar refractivity (Wildman–Crippen MR) is 55.7 cm³/mol. The number of nitrogens with zero attached hydrogens (tertiary/aromatic N) is 1. The van der Waals surface area contributed by atoms with Crippen molar-refractivity contribution in [3.8, 4) is 0 Å². The van der Waals surface area contributed by atoms with Crippen molar-refractivity contribution in [3.05, 3.63) is 29.6 Å². The first-order chi connectivity index (χ1) is 7.25. The number of ether oxygens (including phenoxy) is 1. The molecule has 0 unspecified atom stereocenters. The Hall–Kier alpha value is -1.42. The van der Waals surface area contributed by atoms with Gasteiger partial charge in [-0.3, -0.25) is 0 Å². The van der Waals surface area contributed by atoms with Crippen LogP contribution >= 0.6 is 0 Å². The SMILES string of the molecule is Cc1ccc(C(=O)O[C@@H]2CCNC2)nc1. The van der Waals surface area contributed by atoms with Crippen LogP contribution in [0.1, 0.15) is 22.5 Å². The van der Waals surface area contributed by atoms with Crippen LogP contribution in [0.4, 0.5) is 0 Å². The van der Waals surface area contributed by atoms with Crippen LogP contribution in [0.25, 0.3) is 0 Å². The summed E-state index contributed by atoms with van der Waals surface area (Å²) in [4.78, 5) is 15.6. The van der Waals surface area contributed by atoms with Gasteiger partial charge in [-0.2, -0.15) is 0 Å². The quantitative estimate of drug-likeness (QED) is 0.731. The van der Waals surface area contributed by atoms with Crippen LogP contribution in [0.2, 0.25) is 0 Å². The highest BCUT2D eigenvalue weighted by Crippen LogP contribution is 2.07. The molecule has 1 N–H and O–H groups in total. The van der Waals surface area contributed by atoms with Gasteiger partial charge in [0.25, 0.3) is 0 Å². The maximum absolute atomic E-state index is 11.6. The second kappa shape index (κ2) is 4.40. The summed E-state index contributed by atoms with van der Waals surface area (Å²) < 4.78 is 5.27. The van der Waals surface area contributed by atoms with E-state index in [-0.39, 0.29) is 12.1 Å². The van der Waals surface area contributed by atoms with Crippen LogP contribution in [-0.4, -0.2) is 30.1 Å². The van der Waals surface area contributed by atoms with Crippen molar-refractivity contribution in [2.24, 2.45) is 0 Å². The molecule has 0 aromatic carbocycles. The monoisotopic (exact) mass is 206 g/mol. The molecule has 1 atom stereocenters. The van der Waals surface area contributed by atoms with E-state index in [2.05, 4.69) is 10.3 Å². The first-order valence-electron chi connectivity index (χ1n) is 5.10. The van der Waals surface area contributed by atoms with Gasteiger partial charge in [-0.1, -0.05) is 6.07 Å². The van der Waals surface area contributed by atoms with Crippen molar-refractivity contribution in [2.45, 2.75) is 19.4 Å². The van der Waals surface area contributed by atoms with Gasteiger partial charge in [0.1, 0.15) is 11.8 Å². The fraction of sp³-hybridized carbons (Fsp3) is 0.455. The summed E-state index contributed by atoms with van der Waals surface area (Å²) in [5, 5.41) is 3.14. The van der Waals surface area contributed by atoms with Crippen LogP contribution in [0.3, 0.4) is 0 Å². The van der Waals surface area contributed by atoms with Gasteiger partial charge in [-0.15, -0.1) is 0 Å². The molecule has 0 bridgehead atoms. The van der Waals surface area contributed by atoms with Crippen molar-refractivity contribution in [2.75, 3.05) is 13.1 Å². The largest absolute Gasteiger partial charge is 0.456 e. The smallest absolute Gasteiger partial charge is 0.357 e. The maximum atomic E-state index is 11.6. The Morgan fingerprint density at radius 2 is 2.47 bits per heavy atom. The summed E-state index contributed by atoms with van der Waals surface area (Å²) in [6.07, 6.45) is 2.56. The average Bonchev–Trinajstić information content (AvgIpc) is 2.71. The lowest BCUT2D eigenvalue weighted by molar-refractivity contribution is 0.0337. The molecule has 2 rings (SSSR count). The fourth-order valence-electron chi connectivity index (χ4n) is 1.53. The molecule has 1 fully saturated rings. The molecule has 1 aromatic rings. The van der Waals surface area contributed by atoms with Crippen molar-refractivity contribution in [1.82, 2.24) is 10.3 Å². The molecule has 0 amide bonds. The number of hydrogen-bond donors (Lipinski definition) is 1. The lowest BCUT2D eigenvalue weighted by atomic mass is 10.2. The van der Waals surface area contributed by atoms with Gasteiger partial charge in [-0.25, -0.2) is 9.78 Å². The number of aryl methyl sites for hydroxylation is 1. The normalized spacial score (nSPS) is 20.2. The molecule has 4 heteroatoms. The van der Waals surface area contributed by atoms with Crippen LogP contribution in [0, 0.1) is 6.92 Å². The van der Waals surface area contributed by atoms with Gasteiger partial charge in [0.05, 0.1) is 0 Å². The maximum Gasteiger partial charge on any atom is 0.357 e. The van der Waals surface area contributed by atoms with Gasteiger partial charge >= 0.3 is 5.97 Å². The number of hydrogen-bond acceptors (Lipinski definition) is 4. The molecule has 80 valence electrons. The Labute approximate surface area is 88.7 Å². The molecule has 1 saturated heterocycles. The number of esters is 1. The Morgan fingerprint density at radius 1 is 1.60 bits per heavy atom. The van der Waals surface area contributed by atoms with E-state index in [0.717, 1.165) is 25.1 Å². The molecule has 2 heterocycles. The number of carbonyl (C=O) groups is 1.